The number of hydrogen-bond donors (Lipinski definition) is 0. The molecule has 0 aliphatic carbocycles. The second-order valence-electron chi connectivity index (χ2n) is 0.873. The van der Waals surface area contributed by atoms with Crippen LogP contribution in [0.15, 0.2) is 9.89 Å². The molecule has 2 radical (unpaired) electrons. The summed E-state index contributed by atoms with van der Waals surface area (Å²) in [6.07, 6.45) is 0. The van der Waals surface area contributed by atoms with Gasteiger partial charge in [-0.05, 0) is 6.04 Å². The molecule has 0 aromatic carbocycles. The van der Waals surface area contributed by atoms with Gasteiger partial charge in [-0.15, -0.1) is 0 Å². The minimum atomic E-state index is 0.767. The first-order valence-electron chi connectivity index (χ1n) is 1.59. The Balaban J connectivity index is 2.32. The van der Waals surface area contributed by atoms with Gasteiger partial charge in [-0.2, -0.15) is 0 Å². The molecule has 3 heteroatoms. The molecule has 1 aliphatic rings. The van der Waals surface area contributed by atoms with E-state index in [9.17, 15) is 0 Å². The topological polar surface area (TPSA) is 24.7 Å². The number of rotatable bonds is 0. The highest BCUT2D eigenvalue weighted by Crippen LogP contribution is 1.90. The van der Waals surface area contributed by atoms with Crippen molar-refractivity contribution < 1.29 is 0 Å². The summed E-state index contributed by atoms with van der Waals surface area (Å²) in [5.41, 5.74) is 0. The second-order valence-corrected chi connectivity index (χ2v) is 1.89. The van der Waals surface area contributed by atoms with Crippen LogP contribution in [0.1, 0.15) is 0 Å². The molecule has 5 heavy (non-hydrogen) atoms. The van der Waals surface area contributed by atoms with Crippen LogP contribution >= 0.6 is 0 Å². The SMILES string of the molecule is C1C[Si]N=N1. The van der Waals surface area contributed by atoms with E-state index in [2.05, 4.69) is 9.89 Å². The van der Waals surface area contributed by atoms with Crippen molar-refractivity contribution in [2.45, 2.75) is 6.04 Å². The van der Waals surface area contributed by atoms with Crippen LogP contribution in [0.5, 0.6) is 0 Å². The van der Waals surface area contributed by atoms with E-state index in [4.69, 9.17) is 0 Å². The maximum Gasteiger partial charge on any atom is 0.243 e. The minimum Gasteiger partial charge on any atom is -0.240 e. The van der Waals surface area contributed by atoms with Gasteiger partial charge in [0.15, 0.2) is 0 Å². The summed E-state index contributed by atoms with van der Waals surface area (Å²) in [5, 5.41) is 3.72. The standard InChI is InChI=1S/C2H4N2Si/c1-2-5-4-3-1/h1-2H2. The lowest BCUT2D eigenvalue weighted by atomic mass is 10.8. The predicted octanol–water partition coefficient (Wildman–Crippen LogP) is 0.490. The minimum absolute atomic E-state index is 0.767. The summed E-state index contributed by atoms with van der Waals surface area (Å²) in [6, 6.07) is 1.19. The van der Waals surface area contributed by atoms with Crippen LogP contribution in [0.25, 0.3) is 0 Å². The molecule has 0 aromatic heterocycles. The lowest BCUT2D eigenvalue weighted by Crippen LogP contribution is -1.72. The Morgan fingerprint density at radius 1 is 1.60 bits per heavy atom. The molecule has 0 fully saturated rings. The van der Waals surface area contributed by atoms with Gasteiger partial charge in [0, 0.05) is 0 Å². The highest BCUT2D eigenvalue weighted by Gasteiger charge is 1.91. The molecule has 0 saturated carbocycles. The maximum atomic E-state index is 3.74. The van der Waals surface area contributed by atoms with Crippen molar-refractivity contribution in [3.05, 3.63) is 0 Å². The molecule has 0 amide bonds. The van der Waals surface area contributed by atoms with Crippen LogP contribution in [0.2, 0.25) is 6.04 Å². The first-order valence-corrected chi connectivity index (χ1v) is 2.75. The summed E-state index contributed by atoms with van der Waals surface area (Å²) < 4.78 is 3.74. The van der Waals surface area contributed by atoms with Crippen molar-refractivity contribution >= 4 is 9.68 Å². The van der Waals surface area contributed by atoms with E-state index in [-0.39, 0.29) is 0 Å². The summed E-state index contributed by atoms with van der Waals surface area (Å²) in [4.78, 5) is 0. The molecule has 1 rings (SSSR count). The summed E-state index contributed by atoms with van der Waals surface area (Å²) in [6.45, 7) is 0.971. The van der Waals surface area contributed by atoms with Gasteiger partial charge in [0.25, 0.3) is 0 Å². The van der Waals surface area contributed by atoms with E-state index in [1.807, 2.05) is 0 Å². The summed E-state index contributed by atoms with van der Waals surface area (Å²) in [7, 11) is 0.767. The number of nitrogens with zero attached hydrogens (tertiary/aromatic N) is 2. The monoisotopic (exact) mass is 84.0 g/mol. The first kappa shape index (κ1) is 3.02. The Bertz CT molecular complexity index is 45.6. The Hall–Kier alpha value is -0.183. The Morgan fingerprint density at radius 2 is 2.60 bits per heavy atom. The zero-order chi connectivity index (χ0) is 3.54. The van der Waals surface area contributed by atoms with Gasteiger partial charge in [-0.1, -0.05) is 0 Å². The first-order chi connectivity index (χ1) is 2.50. The van der Waals surface area contributed by atoms with Crippen molar-refractivity contribution in [3.8, 4) is 0 Å². The van der Waals surface area contributed by atoms with Gasteiger partial charge in [-0.25, -0.2) is 9.89 Å². The fraction of sp³-hybridized carbons (Fsp3) is 1.00. The van der Waals surface area contributed by atoms with Crippen LogP contribution < -0.4 is 0 Å². The van der Waals surface area contributed by atoms with Crippen molar-refractivity contribution in [1.29, 1.82) is 0 Å². The van der Waals surface area contributed by atoms with Crippen LogP contribution in [0, 0.1) is 0 Å². The fourth-order valence-electron chi connectivity index (χ4n) is 0.250. The predicted molar refractivity (Wildman–Crippen MR) is 20.3 cm³/mol. The van der Waals surface area contributed by atoms with Crippen molar-refractivity contribution in [2.75, 3.05) is 6.54 Å². The Kier molecular flexibility index (Phi) is 0.790. The smallest absolute Gasteiger partial charge is 0.240 e. The average Bonchev–Trinajstić information content (AvgIpc) is 1.76. The summed E-state index contributed by atoms with van der Waals surface area (Å²) in [5.74, 6) is 0. The summed E-state index contributed by atoms with van der Waals surface area (Å²) >= 11 is 0. The average molecular weight is 84.2 g/mol. The van der Waals surface area contributed by atoms with Crippen LogP contribution in [-0.2, 0) is 0 Å². The molecule has 0 atom stereocenters. The lowest BCUT2D eigenvalue weighted by molar-refractivity contribution is 1.09. The van der Waals surface area contributed by atoms with E-state index in [1.54, 1.807) is 0 Å². The van der Waals surface area contributed by atoms with Crippen molar-refractivity contribution in [1.82, 2.24) is 0 Å². The quantitative estimate of drug-likeness (QED) is 0.382. The highest BCUT2D eigenvalue weighted by atomic mass is 28.2. The molecule has 0 unspecified atom stereocenters. The Morgan fingerprint density at radius 3 is 2.80 bits per heavy atom. The highest BCUT2D eigenvalue weighted by molar-refractivity contribution is 6.33. The second kappa shape index (κ2) is 1.31. The van der Waals surface area contributed by atoms with Gasteiger partial charge in [-0.3, -0.25) is 0 Å². The molecule has 0 spiro atoms. The molecule has 1 heterocycles. The molecule has 26 valence electrons. The van der Waals surface area contributed by atoms with Gasteiger partial charge in [0.1, 0.15) is 0 Å². The third-order valence-electron chi connectivity index (χ3n) is 0.465. The van der Waals surface area contributed by atoms with Crippen LogP contribution in [0.4, 0.5) is 0 Å². The molecule has 0 saturated heterocycles. The van der Waals surface area contributed by atoms with E-state index >= 15 is 0 Å². The van der Waals surface area contributed by atoms with E-state index < -0.39 is 0 Å². The zero-order valence-corrected chi connectivity index (χ0v) is 3.81. The van der Waals surface area contributed by atoms with Crippen LogP contribution in [-0.4, -0.2) is 16.2 Å². The third-order valence-corrected chi connectivity index (χ3v) is 1.20. The normalized spacial score (nSPS) is 20.8. The number of hydrogen-bond acceptors (Lipinski definition) is 2. The molecule has 1 aliphatic heterocycles. The van der Waals surface area contributed by atoms with Crippen molar-refractivity contribution in [3.63, 3.8) is 0 Å². The van der Waals surface area contributed by atoms with E-state index in [0.717, 1.165) is 16.2 Å². The molecule has 0 N–H and O–H groups in total. The van der Waals surface area contributed by atoms with Gasteiger partial charge in [0.2, 0.25) is 9.68 Å². The molecular formula is C2H4N2Si. The Labute approximate surface area is 33.2 Å². The van der Waals surface area contributed by atoms with E-state index in [0.29, 0.717) is 0 Å². The van der Waals surface area contributed by atoms with Crippen molar-refractivity contribution in [2.24, 2.45) is 9.89 Å². The fourth-order valence-corrected chi connectivity index (χ4v) is 0.750. The van der Waals surface area contributed by atoms with E-state index in [1.165, 1.54) is 6.04 Å². The zero-order valence-electron chi connectivity index (χ0n) is 2.81. The van der Waals surface area contributed by atoms with Gasteiger partial charge < -0.3 is 0 Å². The molecule has 0 bridgehead atoms. The third kappa shape index (κ3) is 0.543. The maximum absolute atomic E-state index is 3.74. The van der Waals surface area contributed by atoms with Gasteiger partial charge >= 0.3 is 0 Å². The lowest BCUT2D eigenvalue weighted by Gasteiger charge is -1.61. The molecule has 2 nitrogen and oxygen atoms in total. The van der Waals surface area contributed by atoms with Gasteiger partial charge in [0.05, 0.1) is 6.54 Å². The van der Waals surface area contributed by atoms with Crippen LogP contribution in [0.3, 0.4) is 0 Å². The largest absolute Gasteiger partial charge is 0.243 e. The molecule has 0 aromatic rings. The molecular weight excluding hydrogens is 80.1 g/mol.